The fraction of sp³-hybridized carbons (Fsp3) is 0.500. The molecule has 0 radical (unpaired) electrons. The zero-order valence-corrected chi connectivity index (χ0v) is 10.5. The monoisotopic (exact) mass is 253 g/mol. The molecule has 0 N–H and O–H groups in total. The van der Waals surface area contributed by atoms with E-state index in [1.165, 1.54) is 0 Å². The third kappa shape index (κ3) is 3.35. The number of carbonyl (C=O) groups is 1. The van der Waals surface area contributed by atoms with Crippen molar-refractivity contribution in [2.45, 2.75) is 19.8 Å². The van der Waals surface area contributed by atoms with Gasteiger partial charge in [-0.15, -0.1) is 0 Å². The maximum atomic E-state index is 13.0. The van der Waals surface area contributed by atoms with Crippen LogP contribution in [0.3, 0.4) is 0 Å². The highest BCUT2D eigenvalue weighted by molar-refractivity contribution is 5.96. The van der Waals surface area contributed by atoms with E-state index < -0.39 is 11.6 Å². The van der Waals surface area contributed by atoms with E-state index in [-0.39, 0.29) is 11.3 Å². The molecule has 0 aliphatic carbocycles. The van der Waals surface area contributed by atoms with E-state index >= 15 is 0 Å². The molecule has 0 bridgehead atoms. The van der Waals surface area contributed by atoms with E-state index in [2.05, 4.69) is 11.8 Å². The Morgan fingerprint density at radius 2 is 2.00 bits per heavy atom. The van der Waals surface area contributed by atoms with Gasteiger partial charge in [0, 0.05) is 31.1 Å². The van der Waals surface area contributed by atoms with Gasteiger partial charge in [0.2, 0.25) is 0 Å². The molecule has 1 unspecified atom stereocenters. The molecule has 98 valence electrons. The Morgan fingerprint density at radius 3 is 2.56 bits per heavy atom. The first-order chi connectivity index (χ1) is 8.54. The molecule has 1 fully saturated rings. The maximum absolute atomic E-state index is 13.0. The van der Waals surface area contributed by atoms with Gasteiger partial charge in [0.15, 0.2) is 5.78 Å². The standard InChI is InChI=1S/C14H17F2NO/c1-10-2-4-17(9-10)5-3-14(18)11-6-12(15)8-13(16)7-11/h6-8,10H,2-5,9H2,1H3. The number of benzene rings is 1. The number of Topliss-reactive ketones (excluding diaryl/α,β-unsaturated/α-hetero) is 1. The van der Waals surface area contributed by atoms with E-state index in [1.54, 1.807) is 0 Å². The lowest BCUT2D eigenvalue weighted by Gasteiger charge is -2.14. The lowest BCUT2D eigenvalue weighted by Crippen LogP contribution is -2.23. The van der Waals surface area contributed by atoms with Gasteiger partial charge in [-0.1, -0.05) is 6.92 Å². The van der Waals surface area contributed by atoms with E-state index in [1.807, 2.05) is 0 Å². The minimum atomic E-state index is -0.701. The van der Waals surface area contributed by atoms with Crippen LogP contribution in [-0.4, -0.2) is 30.3 Å². The quantitative estimate of drug-likeness (QED) is 0.769. The average Bonchev–Trinajstić information content (AvgIpc) is 2.70. The lowest BCUT2D eigenvalue weighted by atomic mass is 10.1. The first-order valence-corrected chi connectivity index (χ1v) is 6.26. The van der Waals surface area contributed by atoms with Crippen LogP contribution in [0.2, 0.25) is 0 Å². The SMILES string of the molecule is CC1CCN(CCC(=O)c2cc(F)cc(F)c2)C1. The van der Waals surface area contributed by atoms with Gasteiger partial charge in [0.05, 0.1) is 0 Å². The van der Waals surface area contributed by atoms with E-state index in [4.69, 9.17) is 0 Å². The zero-order chi connectivity index (χ0) is 13.1. The molecule has 1 aromatic carbocycles. The fourth-order valence-electron chi connectivity index (χ4n) is 2.35. The van der Waals surface area contributed by atoms with Crippen LogP contribution in [-0.2, 0) is 0 Å². The Kier molecular flexibility index (Phi) is 4.07. The third-order valence-electron chi connectivity index (χ3n) is 3.35. The second-order valence-corrected chi connectivity index (χ2v) is 5.03. The molecule has 0 saturated carbocycles. The largest absolute Gasteiger partial charge is 0.303 e. The molecule has 0 aromatic heterocycles. The summed E-state index contributed by atoms with van der Waals surface area (Å²) in [6.45, 7) is 4.86. The van der Waals surface area contributed by atoms with Gasteiger partial charge in [-0.2, -0.15) is 0 Å². The second-order valence-electron chi connectivity index (χ2n) is 5.03. The van der Waals surface area contributed by atoms with Crippen molar-refractivity contribution >= 4 is 5.78 Å². The van der Waals surface area contributed by atoms with Crippen LogP contribution in [0.5, 0.6) is 0 Å². The first-order valence-electron chi connectivity index (χ1n) is 6.26. The molecule has 2 rings (SSSR count). The molecule has 1 aliphatic heterocycles. The molecule has 1 saturated heterocycles. The molecule has 1 atom stereocenters. The number of carbonyl (C=O) groups excluding carboxylic acids is 1. The van der Waals surface area contributed by atoms with Crippen LogP contribution < -0.4 is 0 Å². The highest BCUT2D eigenvalue weighted by atomic mass is 19.1. The van der Waals surface area contributed by atoms with Crippen LogP contribution in [0.25, 0.3) is 0 Å². The third-order valence-corrected chi connectivity index (χ3v) is 3.35. The fourth-order valence-corrected chi connectivity index (χ4v) is 2.35. The lowest BCUT2D eigenvalue weighted by molar-refractivity contribution is 0.0967. The minimum absolute atomic E-state index is 0.125. The van der Waals surface area contributed by atoms with Crippen LogP contribution in [0.1, 0.15) is 30.1 Å². The Bertz CT molecular complexity index is 427. The molecule has 18 heavy (non-hydrogen) atoms. The summed E-state index contributed by atoms with van der Waals surface area (Å²) >= 11 is 0. The maximum Gasteiger partial charge on any atom is 0.164 e. The molecular formula is C14H17F2NO. The molecule has 2 nitrogen and oxygen atoms in total. The van der Waals surface area contributed by atoms with Crippen LogP contribution in [0.15, 0.2) is 18.2 Å². The van der Waals surface area contributed by atoms with Gasteiger partial charge < -0.3 is 4.90 Å². The van der Waals surface area contributed by atoms with Gasteiger partial charge in [-0.25, -0.2) is 8.78 Å². The van der Waals surface area contributed by atoms with Crippen molar-refractivity contribution in [3.63, 3.8) is 0 Å². The number of nitrogens with zero attached hydrogens (tertiary/aromatic N) is 1. The normalized spacial score (nSPS) is 20.3. The summed E-state index contributed by atoms with van der Waals surface area (Å²) in [5.41, 5.74) is 0.125. The minimum Gasteiger partial charge on any atom is -0.303 e. The summed E-state index contributed by atoms with van der Waals surface area (Å²) in [5.74, 6) is -0.930. The van der Waals surface area contributed by atoms with Gasteiger partial charge in [-0.3, -0.25) is 4.79 Å². The Morgan fingerprint density at radius 1 is 1.33 bits per heavy atom. The van der Waals surface area contributed by atoms with Gasteiger partial charge in [0.1, 0.15) is 11.6 Å². The van der Waals surface area contributed by atoms with Crippen molar-refractivity contribution in [2.24, 2.45) is 5.92 Å². The van der Waals surface area contributed by atoms with Gasteiger partial charge in [0.25, 0.3) is 0 Å². The Hall–Kier alpha value is -1.29. The van der Waals surface area contributed by atoms with Crippen LogP contribution >= 0.6 is 0 Å². The summed E-state index contributed by atoms with van der Waals surface area (Å²) in [7, 11) is 0. The highest BCUT2D eigenvalue weighted by Crippen LogP contribution is 2.16. The summed E-state index contributed by atoms with van der Waals surface area (Å²) in [6, 6.07) is 2.97. The number of likely N-dealkylation sites (tertiary alicyclic amines) is 1. The summed E-state index contributed by atoms with van der Waals surface area (Å²) in [5, 5.41) is 0. The number of hydrogen-bond acceptors (Lipinski definition) is 2. The smallest absolute Gasteiger partial charge is 0.164 e. The van der Waals surface area contributed by atoms with Crippen molar-refractivity contribution in [2.75, 3.05) is 19.6 Å². The molecular weight excluding hydrogens is 236 g/mol. The van der Waals surface area contributed by atoms with Crippen molar-refractivity contribution in [3.8, 4) is 0 Å². The highest BCUT2D eigenvalue weighted by Gasteiger charge is 2.19. The van der Waals surface area contributed by atoms with Crippen LogP contribution in [0, 0.1) is 17.6 Å². The second kappa shape index (κ2) is 5.57. The molecule has 4 heteroatoms. The van der Waals surface area contributed by atoms with Crippen molar-refractivity contribution in [1.82, 2.24) is 4.90 Å². The molecule has 1 heterocycles. The number of ketones is 1. The van der Waals surface area contributed by atoms with Crippen LogP contribution in [0.4, 0.5) is 8.78 Å². The molecule has 0 spiro atoms. The van der Waals surface area contributed by atoms with Crippen molar-refractivity contribution in [1.29, 1.82) is 0 Å². The van der Waals surface area contributed by atoms with E-state index in [0.29, 0.717) is 18.9 Å². The molecule has 1 aliphatic rings. The Labute approximate surface area is 106 Å². The predicted molar refractivity (Wildman–Crippen MR) is 65.5 cm³/mol. The zero-order valence-electron chi connectivity index (χ0n) is 10.5. The van der Waals surface area contributed by atoms with Gasteiger partial charge >= 0.3 is 0 Å². The topological polar surface area (TPSA) is 20.3 Å². The van der Waals surface area contributed by atoms with E-state index in [9.17, 15) is 13.6 Å². The van der Waals surface area contributed by atoms with E-state index in [0.717, 1.165) is 37.7 Å². The van der Waals surface area contributed by atoms with Crippen molar-refractivity contribution in [3.05, 3.63) is 35.4 Å². The average molecular weight is 253 g/mol. The van der Waals surface area contributed by atoms with Gasteiger partial charge in [-0.05, 0) is 31.0 Å². The summed E-state index contributed by atoms with van der Waals surface area (Å²) in [6.07, 6.45) is 1.47. The summed E-state index contributed by atoms with van der Waals surface area (Å²) < 4.78 is 26.0. The molecule has 1 aromatic rings. The Balaban J connectivity index is 1.91. The molecule has 0 amide bonds. The predicted octanol–water partition coefficient (Wildman–Crippen LogP) is 2.88. The summed E-state index contributed by atoms with van der Waals surface area (Å²) in [4.78, 5) is 14.0. The number of rotatable bonds is 4. The first kappa shape index (κ1) is 13.1. The number of halogens is 2. The van der Waals surface area contributed by atoms with Crippen molar-refractivity contribution < 1.29 is 13.6 Å². The number of hydrogen-bond donors (Lipinski definition) is 0.